The van der Waals surface area contributed by atoms with Gasteiger partial charge in [-0.1, -0.05) is 29.3 Å². The quantitative estimate of drug-likeness (QED) is 0.788. The molecule has 1 aliphatic rings. The van der Waals surface area contributed by atoms with Gasteiger partial charge in [0.15, 0.2) is 0 Å². The summed E-state index contributed by atoms with van der Waals surface area (Å²) >= 11 is 12.4. The minimum atomic E-state index is -0.00794. The topological polar surface area (TPSA) is 26.9 Å². The maximum Gasteiger partial charge on any atom is 0.276 e. The number of rotatable bonds is 1. The van der Waals surface area contributed by atoms with Crippen molar-refractivity contribution >= 4 is 23.2 Å². The summed E-state index contributed by atoms with van der Waals surface area (Å²) in [7, 11) is 0. The van der Waals surface area contributed by atoms with E-state index < -0.39 is 0 Å². The van der Waals surface area contributed by atoms with E-state index in [9.17, 15) is 4.79 Å². The molecule has 1 aliphatic heterocycles. The second kappa shape index (κ2) is 4.73. The molecule has 0 saturated carbocycles. The van der Waals surface area contributed by atoms with Crippen LogP contribution in [0, 0.1) is 6.92 Å². The van der Waals surface area contributed by atoms with Crippen LogP contribution in [0.2, 0.25) is 10.2 Å². The van der Waals surface area contributed by atoms with E-state index in [1.165, 1.54) is 0 Å². The van der Waals surface area contributed by atoms with Gasteiger partial charge in [0.1, 0.15) is 5.15 Å². The summed E-state index contributed by atoms with van der Waals surface area (Å²) < 4.78 is 3.62. The Kier molecular flexibility index (Phi) is 3.19. The summed E-state index contributed by atoms with van der Waals surface area (Å²) in [6.07, 6.45) is 2.09. The van der Waals surface area contributed by atoms with Crippen LogP contribution in [-0.4, -0.2) is 9.36 Å². The van der Waals surface area contributed by atoms with Crippen LogP contribution in [0.5, 0.6) is 0 Å². The average Bonchev–Trinajstić information content (AvgIpc) is 2.66. The molecule has 0 aliphatic carbocycles. The molecular weight excluding hydrogens is 283 g/mol. The largest absolute Gasteiger partial charge is 0.276 e. The van der Waals surface area contributed by atoms with E-state index in [-0.39, 0.29) is 5.56 Å². The van der Waals surface area contributed by atoms with Gasteiger partial charge in [-0.25, -0.2) is 4.68 Å². The number of benzene rings is 1. The molecule has 0 fully saturated rings. The van der Waals surface area contributed by atoms with Gasteiger partial charge in [-0.05, 0) is 43.0 Å². The van der Waals surface area contributed by atoms with Crippen molar-refractivity contribution in [2.45, 2.75) is 32.9 Å². The van der Waals surface area contributed by atoms with Crippen LogP contribution < -0.4 is 5.56 Å². The Bertz CT molecular complexity index is 700. The fourth-order valence-electron chi connectivity index (χ4n) is 2.57. The number of halogens is 2. The van der Waals surface area contributed by atoms with Gasteiger partial charge in [-0.2, -0.15) is 0 Å². The highest BCUT2D eigenvalue weighted by Crippen LogP contribution is 2.29. The van der Waals surface area contributed by atoms with Crippen molar-refractivity contribution in [1.29, 1.82) is 0 Å². The molecule has 0 amide bonds. The molecule has 0 unspecified atom stereocenters. The third-order valence-electron chi connectivity index (χ3n) is 3.61. The molecule has 0 spiro atoms. The fraction of sp³-hybridized carbons (Fsp3) is 0.357. The average molecular weight is 297 g/mol. The zero-order valence-electron chi connectivity index (χ0n) is 10.6. The predicted molar refractivity (Wildman–Crippen MR) is 78.1 cm³/mol. The lowest BCUT2D eigenvalue weighted by Gasteiger charge is -2.17. The number of hydrogen-bond donors (Lipinski definition) is 0. The molecule has 0 atom stereocenters. The van der Waals surface area contributed by atoms with Crippen LogP contribution >= 0.6 is 23.2 Å². The van der Waals surface area contributed by atoms with E-state index in [2.05, 4.69) is 0 Å². The first-order chi connectivity index (χ1) is 9.09. The SMILES string of the molecule is Cc1cc(-c2c(Cl)n3n(c2=O)CCCC3)ccc1Cl. The van der Waals surface area contributed by atoms with Crippen LogP contribution in [0.25, 0.3) is 11.1 Å². The first-order valence-corrected chi connectivity index (χ1v) is 7.11. The van der Waals surface area contributed by atoms with Crippen LogP contribution in [0.4, 0.5) is 0 Å². The number of fused-ring (bicyclic) bond motifs is 1. The van der Waals surface area contributed by atoms with Crippen molar-refractivity contribution in [3.05, 3.63) is 44.3 Å². The van der Waals surface area contributed by atoms with Gasteiger partial charge >= 0.3 is 0 Å². The fourth-order valence-corrected chi connectivity index (χ4v) is 3.05. The molecule has 1 aromatic carbocycles. The van der Waals surface area contributed by atoms with E-state index in [0.29, 0.717) is 15.7 Å². The second-order valence-corrected chi connectivity index (χ2v) is 5.65. The van der Waals surface area contributed by atoms with Gasteiger partial charge < -0.3 is 0 Å². The number of aryl methyl sites for hydroxylation is 1. The molecule has 2 aromatic rings. The number of aromatic nitrogens is 2. The lowest BCUT2D eigenvalue weighted by molar-refractivity contribution is 0.356. The zero-order chi connectivity index (χ0) is 13.6. The summed E-state index contributed by atoms with van der Waals surface area (Å²) in [6, 6.07) is 5.57. The van der Waals surface area contributed by atoms with Gasteiger partial charge in [0.25, 0.3) is 5.56 Å². The minimum Gasteiger partial charge on any atom is -0.271 e. The maximum atomic E-state index is 12.5. The van der Waals surface area contributed by atoms with Crippen LogP contribution in [0.15, 0.2) is 23.0 Å². The number of nitrogens with zero attached hydrogens (tertiary/aromatic N) is 2. The standard InChI is InChI=1S/C14H14Cl2N2O/c1-9-8-10(4-5-11(9)15)12-13(16)17-6-2-3-7-18(17)14(12)19/h4-5,8H,2-3,6-7H2,1H3. The van der Waals surface area contributed by atoms with E-state index in [1.54, 1.807) is 4.68 Å². The molecule has 100 valence electrons. The minimum absolute atomic E-state index is 0.00794. The first-order valence-electron chi connectivity index (χ1n) is 6.35. The Morgan fingerprint density at radius 2 is 1.79 bits per heavy atom. The Morgan fingerprint density at radius 1 is 1.11 bits per heavy atom. The summed E-state index contributed by atoms with van der Waals surface area (Å²) in [5, 5.41) is 1.23. The van der Waals surface area contributed by atoms with Crippen molar-refractivity contribution < 1.29 is 0 Å². The van der Waals surface area contributed by atoms with Crippen molar-refractivity contribution in [3.8, 4) is 11.1 Å². The van der Waals surface area contributed by atoms with E-state index in [1.807, 2.05) is 29.8 Å². The summed E-state index contributed by atoms with van der Waals surface area (Å²) in [4.78, 5) is 12.5. The molecule has 0 radical (unpaired) electrons. The lowest BCUT2D eigenvalue weighted by Crippen LogP contribution is -2.27. The summed E-state index contributed by atoms with van der Waals surface area (Å²) in [6.45, 7) is 3.47. The molecule has 0 bridgehead atoms. The molecule has 5 heteroatoms. The van der Waals surface area contributed by atoms with Gasteiger partial charge in [0.2, 0.25) is 0 Å². The molecule has 2 heterocycles. The highest BCUT2D eigenvalue weighted by molar-refractivity contribution is 6.32. The highest BCUT2D eigenvalue weighted by Gasteiger charge is 2.21. The van der Waals surface area contributed by atoms with E-state index in [0.717, 1.165) is 37.1 Å². The first kappa shape index (κ1) is 12.8. The van der Waals surface area contributed by atoms with E-state index in [4.69, 9.17) is 23.2 Å². The second-order valence-electron chi connectivity index (χ2n) is 4.89. The lowest BCUT2D eigenvalue weighted by atomic mass is 10.1. The monoisotopic (exact) mass is 296 g/mol. The molecule has 0 saturated heterocycles. The Morgan fingerprint density at radius 3 is 2.42 bits per heavy atom. The molecule has 1 aromatic heterocycles. The molecule has 3 rings (SSSR count). The summed E-state index contributed by atoms with van der Waals surface area (Å²) in [5.74, 6) is 0. The Hall–Kier alpha value is -1.19. The van der Waals surface area contributed by atoms with Gasteiger partial charge in [0.05, 0.1) is 5.56 Å². The van der Waals surface area contributed by atoms with Gasteiger partial charge in [0, 0.05) is 18.1 Å². The van der Waals surface area contributed by atoms with Crippen molar-refractivity contribution in [1.82, 2.24) is 9.36 Å². The Labute approximate surface area is 121 Å². The van der Waals surface area contributed by atoms with Gasteiger partial charge in [-0.3, -0.25) is 9.48 Å². The summed E-state index contributed by atoms with van der Waals surface area (Å²) in [5.41, 5.74) is 2.37. The zero-order valence-corrected chi connectivity index (χ0v) is 12.1. The smallest absolute Gasteiger partial charge is 0.271 e. The van der Waals surface area contributed by atoms with Crippen LogP contribution in [0.3, 0.4) is 0 Å². The van der Waals surface area contributed by atoms with Crippen molar-refractivity contribution in [2.24, 2.45) is 0 Å². The normalized spacial score (nSPS) is 14.5. The highest BCUT2D eigenvalue weighted by atomic mass is 35.5. The predicted octanol–water partition coefficient (Wildman–Crippen LogP) is 3.73. The molecule has 3 nitrogen and oxygen atoms in total. The van der Waals surface area contributed by atoms with Crippen LogP contribution in [-0.2, 0) is 13.1 Å². The number of hydrogen-bond acceptors (Lipinski definition) is 1. The molecule has 0 N–H and O–H groups in total. The van der Waals surface area contributed by atoms with Gasteiger partial charge in [-0.15, -0.1) is 0 Å². The Balaban J connectivity index is 2.23. The molecule has 19 heavy (non-hydrogen) atoms. The third kappa shape index (κ3) is 2.01. The maximum absolute atomic E-state index is 12.5. The molecular formula is C14H14Cl2N2O. The van der Waals surface area contributed by atoms with E-state index >= 15 is 0 Å². The van der Waals surface area contributed by atoms with Crippen molar-refractivity contribution in [3.63, 3.8) is 0 Å². The van der Waals surface area contributed by atoms with Crippen molar-refractivity contribution in [2.75, 3.05) is 0 Å². The van der Waals surface area contributed by atoms with Crippen LogP contribution in [0.1, 0.15) is 18.4 Å². The third-order valence-corrected chi connectivity index (χ3v) is 4.42.